The minimum Gasteiger partial charge on any atom is -0.494 e. The number of thiazole rings is 1. The first-order valence-corrected chi connectivity index (χ1v) is 9.92. The molecule has 0 aliphatic carbocycles. The second kappa shape index (κ2) is 8.19. The Kier molecular flexibility index (Phi) is 5.30. The van der Waals surface area contributed by atoms with Crippen molar-refractivity contribution in [3.63, 3.8) is 0 Å². The Morgan fingerprint density at radius 3 is 2.54 bits per heavy atom. The van der Waals surface area contributed by atoms with Crippen LogP contribution in [0, 0.1) is 0 Å². The molecule has 6 heteroatoms. The molecule has 2 heterocycles. The van der Waals surface area contributed by atoms with Crippen molar-refractivity contribution in [3.8, 4) is 5.75 Å². The molecule has 0 spiro atoms. The van der Waals surface area contributed by atoms with Gasteiger partial charge in [0.1, 0.15) is 5.75 Å². The van der Waals surface area contributed by atoms with Crippen LogP contribution in [0.2, 0.25) is 0 Å². The third kappa shape index (κ3) is 4.02. The molecule has 0 radical (unpaired) electrons. The average molecular weight is 389 g/mol. The van der Waals surface area contributed by atoms with E-state index in [1.54, 1.807) is 0 Å². The second-order valence-corrected chi connectivity index (χ2v) is 7.25. The highest BCUT2D eigenvalue weighted by Gasteiger charge is 2.08. The summed E-state index contributed by atoms with van der Waals surface area (Å²) in [7, 11) is 0. The molecule has 4 aromatic rings. The van der Waals surface area contributed by atoms with Crippen LogP contribution >= 0.6 is 11.3 Å². The van der Waals surface area contributed by atoms with E-state index in [4.69, 9.17) is 4.74 Å². The monoisotopic (exact) mass is 389 g/mol. The van der Waals surface area contributed by atoms with E-state index in [0.29, 0.717) is 21.9 Å². The van der Waals surface area contributed by atoms with E-state index in [2.05, 4.69) is 17.0 Å². The van der Waals surface area contributed by atoms with Crippen LogP contribution in [0.25, 0.3) is 23.2 Å². The van der Waals surface area contributed by atoms with E-state index < -0.39 is 0 Å². The molecule has 0 saturated carbocycles. The topological polar surface area (TPSA) is 56.5 Å². The SMILES string of the molecule is CCCOc1ccc(/C=c2/sc3nc(/C=C/c4ccccc4)nn3c2=O)cc1. The van der Waals surface area contributed by atoms with Gasteiger partial charge in [-0.1, -0.05) is 66.8 Å². The molecule has 140 valence electrons. The van der Waals surface area contributed by atoms with Gasteiger partial charge in [0.25, 0.3) is 5.56 Å². The van der Waals surface area contributed by atoms with Crippen molar-refractivity contribution in [2.24, 2.45) is 0 Å². The fourth-order valence-corrected chi connectivity index (χ4v) is 3.60. The molecule has 0 amide bonds. The van der Waals surface area contributed by atoms with Crippen LogP contribution in [-0.4, -0.2) is 21.2 Å². The van der Waals surface area contributed by atoms with Gasteiger partial charge in [0.15, 0.2) is 5.82 Å². The van der Waals surface area contributed by atoms with Gasteiger partial charge in [-0.05, 0) is 41.8 Å². The fraction of sp³-hybridized carbons (Fsp3) is 0.136. The Labute approximate surface area is 166 Å². The van der Waals surface area contributed by atoms with Gasteiger partial charge in [0.2, 0.25) is 4.96 Å². The van der Waals surface area contributed by atoms with E-state index in [1.807, 2.05) is 72.8 Å². The molecule has 5 nitrogen and oxygen atoms in total. The first-order chi connectivity index (χ1) is 13.7. The van der Waals surface area contributed by atoms with Crippen molar-refractivity contribution in [1.29, 1.82) is 0 Å². The van der Waals surface area contributed by atoms with Crippen molar-refractivity contribution < 1.29 is 4.74 Å². The first kappa shape index (κ1) is 18.1. The lowest BCUT2D eigenvalue weighted by Crippen LogP contribution is -2.23. The predicted octanol–water partition coefficient (Wildman–Crippen LogP) is 3.66. The Bertz CT molecular complexity index is 1210. The zero-order valence-corrected chi connectivity index (χ0v) is 16.2. The van der Waals surface area contributed by atoms with Crippen molar-refractivity contribution in [3.05, 3.63) is 86.4 Å². The highest BCUT2D eigenvalue weighted by Crippen LogP contribution is 2.13. The van der Waals surface area contributed by atoms with Crippen molar-refractivity contribution in [2.75, 3.05) is 6.61 Å². The molecule has 0 atom stereocenters. The summed E-state index contributed by atoms with van der Waals surface area (Å²) >= 11 is 1.34. The molecule has 4 rings (SSSR count). The number of hydrogen-bond acceptors (Lipinski definition) is 5. The zero-order valence-electron chi connectivity index (χ0n) is 15.4. The Morgan fingerprint density at radius 2 is 1.82 bits per heavy atom. The van der Waals surface area contributed by atoms with Gasteiger partial charge in [0.05, 0.1) is 11.1 Å². The van der Waals surface area contributed by atoms with Gasteiger partial charge in [-0.25, -0.2) is 0 Å². The molecule has 0 fully saturated rings. The summed E-state index contributed by atoms with van der Waals surface area (Å²) < 4.78 is 7.55. The van der Waals surface area contributed by atoms with Crippen LogP contribution < -0.4 is 14.8 Å². The molecule has 0 saturated heterocycles. The Morgan fingerprint density at radius 1 is 1.04 bits per heavy atom. The molecule has 0 unspecified atom stereocenters. The number of benzene rings is 2. The second-order valence-electron chi connectivity index (χ2n) is 6.24. The standard InChI is InChI=1S/C22H19N3O2S/c1-2-14-27-18-11-8-17(9-12-18)15-19-21(26)25-22(28-19)23-20(24-25)13-10-16-6-4-3-5-7-16/h3-13,15H,2,14H2,1H3/b13-10+,19-15+. The Balaban J connectivity index is 1.58. The minimum absolute atomic E-state index is 0.154. The van der Waals surface area contributed by atoms with Crippen molar-refractivity contribution in [2.45, 2.75) is 13.3 Å². The van der Waals surface area contributed by atoms with Gasteiger partial charge >= 0.3 is 0 Å². The fourth-order valence-electron chi connectivity index (χ4n) is 2.69. The summed E-state index contributed by atoms with van der Waals surface area (Å²) in [5.41, 5.74) is 1.84. The number of aromatic nitrogens is 3. The maximum atomic E-state index is 12.6. The van der Waals surface area contributed by atoms with Crippen LogP contribution in [0.1, 0.15) is 30.3 Å². The Hall–Kier alpha value is -3.25. The molecular weight excluding hydrogens is 370 g/mol. The predicted molar refractivity (Wildman–Crippen MR) is 114 cm³/mol. The third-order valence-corrected chi connectivity index (χ3v) is 5.03. The van der Waals surface area contributed by atoms with E-state index in [9.17, 15) is 4.79 Å². The number of ether oxygens (including phenoxy) is 1. The maximum Gasteiger partial charge on any atom is 0.291 e. The molecule has 2 aromatic heterocycles. The van der Waals surface area contributed by atoms with E-state index in [0.717, 1.165) is 23.3 Å². The molecule has 2 aromatic carbocycles. The number of fused-ring (bicyclic) bond motifs is 1. The van der Waals surface area contributed by atoms with Gasteiger partial charge in [-0.3, -0.25) is 4.79 Å². The van der Waals surface area contributed by atoms with Gasteiger partial charge < -0.3 is 4.74 Å². The lowest BCUT2D eigenvalue weighted by atomic mass is 10.2. The molecule has 0 N–H and O–H groups in total. The maximum absolute atomic E-state index is 12.6. The quantitative estimate of drug-likeness (QED) is 0.505. The first-order valence-electron chi connectivity index (χ1n) is 9.10. The summed E-state index contributed by atoms with van der Waals surface area (Å²) in [6, 6.07) is 17.6. The number of hydrogen-bond donors (Lipinski definition) is 0. The normalized spacial score (nSPS) is 12.2. The van der Waals surface area contributed by atoms with E-state index >= 15 is 0 Å². The highest BCUT2D eigenvalue weighted by atomic mass is 32.1. The molecule has 0 aliphatic heterocycles. The van der Waals surface area contributed by atoms with Gasteiger partial charge in [-0.2, -0.15) is 9.50 Å². The molecule has 0 bridgehead atoms. The summed E-state index contributed by atoms with van der Waals surface area (Å²) in [5.74, 6) is 1.36. The van der Waals surface area contributed by atoms with E-state index in [1.165, 1.54) is 15.9 Å². The highest BCUT2D eigenvalue weighted by molar-refractivity contribution is 7.15. The van der Waals surface area contributed by atoms with Crippen LogP contribution in [0.4, 0.5) is 0 Å². The number of rotatable bonds is 6. The minimum atomic E-state index is -0.154. The summed E-state index contributed by atoms with van der Waals surface area (Å²) in [6.07, 6.45) is 6.57. The lowest BCUT2D eigenvalue weighted by Gasteiger charge is -2.03. The van der Waals surface area contributed by atoms with Gasteiger partial charge in [0, 0.05) is 0 Å². The summed E-state index contributed by atoms with van der Waals surface area (Å²) in [6.45, 7) is 2.77. The van der Waals surface area contributed by atoms with Gasteiger partial charge in [-0.15, -0.1) is 5.10 Å². The summed E-state index contributed by atoms with van der Waals surface area (Å²) in [5, 5.41) is 4.31. The smallest absolute Gasteiger partial charge is 0.291 e. The largest absolute Gasteiger partial charge is 0.494 e. The third-order valence-electron chi connectivity index (χ3n) is 4.07. The molecular formula is C22H19N3O2S. The molecule has 0 aliphatic rings. The lowest BCUT2D eigenvalue weighted by molar-refractivity contribution is 0.317. The van der Waals surface area contributed by atoms with Crippen LogP contribution in [0.5, 0.6) is 5.75 Å². The number of nitrogens with zero attached hydrogens (tertiary/aromatic N) is 3. The summed E-state index contributed by atoms with van der Waals surface area (Å²) in [4.78, 5) is 17.7. The van der Waals surface area contributed by atoms with E-state index in [-0.39, 0.29) is 5.56 Å². The van der Waals surface area contributed by atoms with Crippen LogP contribution in [0.15, 0.2) is 59.4 Å². The van der Waals surface area contributed by atoms with Crippen LogP contribution in [-0.2, 0) is 0 Å². The van der Waals surface area contributed by atoms with Crippen molar-refractivity contribution in [1.82, 2.24) is 14.6 Å². The average Bonchev–Trinajstić information content (AvgIpc) is 3.25. The zero-order chi connectivity index (χ0) is 19.3. The van der Waals surface area contributed by atoms with Crippen LogP contribution in [0.3, 0.4) is 0 Å². The van der Waals surface area contributed by atoms with Crippen molar-refractivity contribution >= 4 is 34.5 Å². The molecule has 28 heavy (non-hydrogen) atoms.